The van der Waals surface area contributed by atoms with Crippen molar-refractivity contribution >= 4 is 0 Å². The third kappa shape index (κ3) is 3.28. The highest BCUT2D eigenvalue weighted by Crippen LogP contribution is 2.30. The minimum atomic E-state index is -0.385. The summed E-state index contributed by atoms with van der Waals surface area (Å²) in [6, 6.07) is 5.24. The second-order valence-corrected chi connectivity index (χ2v) is 3.69. The van der Waals surface area contributed by atoms with Gasteiger partial charge in [-0.3, -0.25) is 0 Å². The fraction of sp³-hybridized carbons (Fsp3) is 0.385. The number of phenolic OH excluding ortho intramolecular Hbond substituents is 1. The molecule has 1 aromatic carbocycles. The molecule has 88 valence electrons. The zero-order valence-corrected chi connectivity index (χ0v) is 9.52. The molecule has 0 aliphatic carbocycles. The van der Waals surface area contributed by atoms with Crippen molar-refractivity contribution in [2.75, 3.05) is 7.11 Å². The first-order valence-corrected chi connectivity index (χ1v) is 5.32. The predicted molar refractivity (Wildman–Crippen MR) is 63.8 cm³/mol. The van der Waals surface area contributed by atoms with Crippen molar-refractivity contribution in [1.29, 1.82) is 0 Å². The smallest absolute Gasteiger partial charge is 0.163 e. The van der Waals surface area contributed by atoms with Crippen LogP contribution in [0.4, 0.5) is 0 Å². The molecule has 0 saturated carbocycles. The Balaban J connectivity index is 2.66. The van der Waals surface area contributed by atoms with E-state index >= 15 is 0 Å². The first-order chi connectivity index (χ1) is 7.69. The van der Waals surface area contributed by atoms with E-state index in [0.29, 0.717) is 25.0 Å². The van der Waals surface area contributed by atoms with Gasteiger partial charge in [-0.2, -0.15) is 0 Å². The monoisotopic (exact) mass is 222 g/mol. The van der Waals surface area contributed by atoms with E-state index in [0.717, 1.165) is 5.56 Å². The summed E-state index contributed by atoms with van der Waals surface area (Å²) in [6.45, 7) is 3.58. The molecule has 3 heteroatoms. The number of benzene rings is 1. The van der Waals surface area contributed by atoms with E-state index in [4.69, 9.17) is 4.74 Å². The number of phenols is 1. The number of aliphatic hydroxyl groups is 1. The van der Waals surface area contributed by atoms with Gasteiger partial charge in [0.2, 0.25) is 0 Å². The Morgan fingerprint density at radius 2 is 2.25 bits per heavy atom. The van der Waals surface area contributed by atoms with Crippen molar-refractivity contribution in [3.05, 3.63) is 36.4 Å². The summed E-state index contributed by atoms with van der Waals surface area (Å²) in [5.74, 6) is 0.631. The van der Waals surface area contributed by atoms with Crippen LogP contribution < -0.4 is 4.74 Å². The number of ether oxygens (including phenoxy) is 1. The summed E-state index contributed by atoms with van der Waals surface area (Å²) < 4.78 is 5.12. The van der Waals surface area contributed by atoms with Crippen molar-refractivity contribution in [2.45, 2.75) is 25.4 Å². The maximum absolute atomic E-state index is 9.57. The molecular formula is C13H18O3. The van der Waals surface area contributed by atoms with Crippen LogP contribution in [-0.4, -0.2) is 23.4 Å². The molecule has 1 rings (SSSR count). The van der Waals surface area contributed by atoms with Gasteiger partial charge < -0.3 is 14.9 Å². The summed E-state index contributed by atoms with van der Waals surface area (Å²) in [5.41, 5.74) is 0.908. The van der Waals surface area contributed by atoms with Gasteiger partial charge in [-0.1, -0.05) is 18.2 Å². The third-order valence-corrected chi connectivity index (χ3v) is 2.47. The summed E-state index contributed by atoms with van der Waals surface area (Å²) in [7, 11) is 1.53. The maximum atomic E-state index is 9.57. The van der Waals surface area contributed by atoms with E-state index in [-0.39, 0.29) is 11.9 Å². The fourth-order valence-corrected chi connectivity index (χ4v) is 1.64. The van der Waals surface area contributed by atoms with Crippen molar-refractivity contribution in [2.24, 2.45) is 0 Å². The largest absolute Gasteiger partial charge is 0.504 e. The molecule has 0 aliphatic heterocycles. The quantitative estimate of drug-likeness (QED) is 0.726. The summed E-state index contributed by atoms with van der Waals surface area (Å²) in [6.07, 6.45) is 3.20. The van der Waals surface area contributed by atoms with Gasteiger partial charge in [0, 0.05) is 0 Å². The van der Waals surface area contributed by atoms with Gasteiger partial charge in [0.15, 0.2) is 11.5 Å². The SMILES string of the molecule is C=CCC(O)CCc1cccc(O)c1OC. The number of rotatable bonds is 6. The molecule has 3 nitrogen and oxygen atoms in total. The Bertz CT molecular complexity index is 347. The molecule has 0 aliphatic rings. The summed E-state index contributed by atoms with van der Waals surface area (Å²) >= 11 is 0. The highest BCUT2D eigenvalue weighted by Gasteiger charge is 2.09. The minimum Gasteiger partial charge on any atom is -0.504 e. The van der Waals surface area contributed by atoms with Crippen LogP contribution in [0.2, 0.25) is 0 Å². The van der Waals surface area contributed by atoms with Crippen molar-refractivity contribution < 1.29 is 14.9 Å². The molecule has 0 saturated heterocycles. The Morgan fingerprint density at radius 1 is 1.50 bits per heavy atom. The second kappa shape index (κ2) is 6.18. The molecule has 0 fully saturated rings. The normalized spacial score (nSPS) is 12.1. The molecule has 0 amide bonds. The number of aliphatic hydroxyl groups excluding tert-OH is 1. The first-order valence-electron chi connectivity index (χ1n) is 5.32. The van der Waals surface area contributed by atoms with Gasteiger partial charge >= 0.3 is 0 Å². The van der Waals surface area contributed by atoms with Crippen LogP contribution in [0.3, 0.4) is 0 Å². The molecule has 16 heavy (non-hydrogen) atoms. The van der Waals surface area contributed by atoms with Crippen molar-refractivity contribution in [1.82, 2.24) is 0 Å². The minimum absolute atomic E-state index is 0.137. The molecule has 1 aromatic rings. The Labute approximate surface area is 96.0 Å². The number of para-hydroxylation sites is 1. The molecule has 1 unspecified atom stereocenters. The molecule has 0 aromatic heterocycles. The summed E-state index contributed by atoms with van der Waals surface area (Å²) in [5, 5.41) is 19.1. The predicted octanol–water partition coefficient (Wildman–Crippen LogP) is 2.27. The van der Waals surface area contributed by atoms with Gasteiger partial charge in [0.25, 0.3) is 0 Å². The maximum Gasteiger partial charge on any atom is 0.163 e. The number of methoxy groups -OCH3 is 1. The van der Waals surface area contributed by atoms with E-state index in [9.17, 15) is 10.2 Å². The average molecular weight is 222 g/mol. The number of hydrogen-bond donors (Lipinski definition) is 2. The topological polar surface area (TPSA) is 49.7 Å². The van der Waals surface area contributed by atoms with Gasteiger partial charge in [-0.05, 0) is 30.9 Å². The van der Waals surface area contributed by atoms with Gasteiger partial charge in [-0.15, -0.1) is 6.58 Å². The van der Waals surface area contributed by atoms with Gasteiger partial charge in [0.05, 0.1) is 13.2 Å². The van der Waals surface area contributed by atoms with Gasteiger partial charge in [-0.25, -0.2) is 0 Å². The molecule has 1 atom stereocenters. The number of aromatic hydroxyl groups is 1. The number of aryl methyl sites for hydroxylation is 1. The number of hydrogen-bond acceptors (Lipinski definition) is 3. The average Bonchev–Trinajstić information content (AvgIpc) is 2.27. The van der Waals surface area contributed by atoms with E-state index in [1.807, 2.05) is 6.07 Å². The highest BCUT2D eigenvalue weighted by molar-refractivity contribution is 5.45. The van der Waals surface area contributed by atoms with Crippen LogP contribution >= 0.6 is 0 Å². The van der Waals surface area contributed by atoms with Crippen LogP contribution in [0.5, 0.6) is 11.5 Å². The van der Waals surface area contributed by atoms with Crippen molar-refractivity contribution in [3.63, 3.8) is 0 Å². The van der Waals surface area contributed by atoms with E-state index in [2.05, 4.69) is 6.58 Å². The molecule has 0 radical (unpaired) electrons. The van der Waals surface area contributed by atoms with Crippen LogP contribution in [0, 0.1) is 0 Å². The van der Waals surface area contributed by atoms with E-state index < -0.39 is 0 Å². The van der Waals surface area contributed by atoms with Crippen LogP contribution in [0.1, 0.15) is 18.4 Å². The lowest BCUT2D eigenvalue weighted by Crippen LogP contribution is -2.06. The van der Waals surface area contributed by atoms with Gasteiger partial charge in [0.1, 0.15) is 0 Å². The molecule has 0 bridgehead atoms. The molecule has 0 heterocycles. The lowest BCUT2D eigenvalue weighted by Gasteiger charge is -2.12. The zero-order chi connectivity index (χ0) is 12.0. The second-order valence-electron chi connectivity index (χ2n) is 3.69. The lowest BCUT2D eigenvalue weighted by atomic mass is 10.0. The Hall–Kier alpha value is -1.48. The molecule has 2 N–H and O–H groups in total. The zero-order valence-electron chi connectivity index (χ0n) is 9.52. The summed E-state index contributed by atoms with van der Waals surface area (Å²) in [4.78, 5) is 0. The fourth-order valence-electron chi connectivity index (χ4n) is 1.64. The molecular weight excluding hydrogens is 204 g/mol. The van der Waals surface area contributed by atoms with Crippen molar-refractivity contribution in [3.8, 4) is 11.5 Å². The molecule has 0 spiro atoms. The Kier molecular flexibility index (Phi) is 4.86. The first kappa shape index (κ1) is 12.6. The van der Waals surface area contributed by atoms with E-state index in [1.54, 1.807) is 18.2 Å². The van der Waals surface area contributed by atoms with Crippen LogP contribution in [0.25, 0.3) is 0 Å². The Morgan fingerprint density at radius 3 is 2.88 bits per heavy atom. The van der Waals surface area contributed by atoms with E-state index in [1.165, 1.54) is 7.11 Å². The third-order valence-electron chi connectivity index (χ3n) is 2.47. The van der Waals surface area contributed by atoms with Crippen LogP contribution in [0.15, 0.2) is 30.9 Å². The van der Waals surface area contributed by atoms with Crippen LogP contribution in [-0.2, 0) is 6.42 Å². The standard InChI is InChI=1S/C13H18O3/c1-3-5-11(14)9-8-10-6-4-7-12(15)13(10)16-2/h3-4,6-7,11,14-15H,1,5,8-9H2,2H3. The lowest BCUT2D eigenvalue weighted by molar-refractivity contribution is 0.168. The highest BCUT2D eigenvalue weighted by atomic mass is 16.5.